The van der Waals surface area contributed by atoms with Gasteiger partial charge in [0.15, 0.2) is 0 Å². The molecule has 0 amide bonds. The van der Waals surface area contributed by atoms with Crippen LogP contribution in [0.2, 0.25) is 0 Å². The molecule has 0 fully saturated rings. The molecule has 0 unspecified atom stereocenters. The van der Waals surface area contributed by atoms with Crippen LogP contribution in [0.25, 0.3) is 0 Å². The fraction of sp³-hybridized carbons (Fsp3) is 0. The Bertz CT molecular complexity index is 8.00. The van der Waals surface area contributed by atoms with Gasteiger partial charge in [0.05, 0.1) is 0 Å². The van der Waals surface area contributed by atoms with E-state index in [-0.39, 0.29) is 61.5 Å². The summed E-state index contributed by atoms with van der Waals surface area (Å²) >= 11 is 0. The van der Waals surface area contributed by atoms with E-state index in [9.17, 15) is 0 Å². The van der Waals surface area contributed by atoms with Crippen molar-refractivity contribution in [1.29, 1.82) is 0 Å². The second-order valence-corrected chi connectivity index (χ2v) is 0. The average Bonchev–Trinajstić information content (AvgIpc) is 0. The van der Waals surface area contributed by atoms with Gasteiger partial charge in [-0.2, -0.15) is 0 Å². The van der Waals surface area contributed by atoms with E-state index < -0.39 is 0 Å². The van der Waals surface area contributed by atoms with Gasteiger partial charge in [-0.3, -0.25) is 0 Å². The van der Waals surface area contributed by atoms with Crippen molar-refractivity contribution in [3.63, 3.8) is 0 Å². The predicted molar refractivity (Wildman–Crippen MR) is 5.75 cm³/mol. The molecule has 0 nitrogen and oxygen atoms in total. The van der Waals surface area contributed by atoms with Gasteiger partial charge in [-0.25, -0.2) is 0 Å². The van der Waals surface area contributed by atoms with Gasteiger partial charge < -0.3 is 0 Å². The Morgan fingerprint density at radius 3 is 1.00 bits per heavy atom. The standard InChI is InChI=1S/B.Cu.Ni.Zn. The quantitative estimate of drug-likeness (QED) is 0.465. The van der Waals surface area contributed by atoms with Crippen LogP contribution in [0.4, 0.5) is 0 Å². The predicted octanol–water partition coefficient (Wildman–Crippen LogP) is -0.388. The summed E-state index contributed by atoms with van der Waals surface area (Å²) in [5.74, 6) is 0. The van der Waals surface area contributed by atoms with Crippen LogP contribution in [0.3, 0.4) is 0 Å². The Morgan fingerprint density at radius 2 is 1.00 bits per heavy atom. The normalized spacial score (nSPS) is 0. The molecule has 0 aliphatic heterocycles. The topological polar surface area (TPSA) is 0 Å². The van der Waals surface area contributed by atoms with E-state index in [1.54, 1.807) is 0 Å². The molecule has 4 heavy (non-hydrogen) atoms. The molecule has 0 aromatic rings. The minimum absolute atomic E-state index is 0. The number of rotatable bonds is 0. The van der Waals surface area contributed by atoms with Crippen LogP contribution in [0.5, 0.6) is 0 Å². The van der Waals surface area contributed by atoms with Crippen molar-refractivity contribution >= 4 is 8.41 Å². The van der Waals surface area contributed by atoms with Crippen molar-refractivity contribution in [2.45, 2.75) is 0 Å². The molecule has 4 radical (unpaired) electrons. The molecule has 0 aromatic heterocycles. The third kappa shape index (κ3) is 9.33. The van der Waals surface area contributed by atoms with Gasteiger partial charge in [0.1, 0.15) is 0 Å². The Kier molecular flexibility index (Phi) is 242. The van der Waals surface area contributed by atoms with Crippen molar-refractivity contribution in [3.8, 4) is 0 Å². The third-order valence-corrected chi connectivity index (χ3v) is 0. The second kappa shape index (κ2) is 22.3. The maximum atomic E-state index is 0. The van der Waals surface area contributed by atoms with E-state index in [4.69, 9.17) is 0 Å². The average molecular weight is 198 g/mol. The molecule has 0 atom stereocenters. The molecule has 4 heteroatoms. The molecule has 0 saturated carbocycles. The minimum atomic E-state index is 0. The van der Waals surface area contributed by atoms with Gasteiger partial charge in [0, 0.05) is 61.5 Å². The summed E-state index contributed by atoms with van der Waals surface area (Å²) in [4.78, 5) is 0. The van der Waals surface area contributed by atoms with Gasteiger partial charge in [-0.1, -0.05) is 0 Å². The van der Waals surface area contributed by atoms with E-state index >= 15 is 0 Å². The molecule has 0 aromatic carbocycles. The maximum absolute atomic E-state index is 0. The van der Waals surface area contributed by atoms with Crippen LogP contribution in [0.15, 0.2) is 0 Å². The number of hydrogen-bond donors (Lipinski definition) is 0. The van der Waals surface area contributed by atoms with E-state index in [1.165, 1.54) is 0 Å². The van der Waals surface area contributed by atoms with Gasteiger partial charge in [-0.05, 0) is 0 Å². The fourth-order valence-corrected chi connectivity index (χ4v) is 0. The molecule has 0 rings (SSSR count). The molecular weight excluding hydrogens is 198 g/mol. The molecule has 0 aliphatic carbocycles. The largest absolute Gasteiger partial charge is 0 e. The molecule has 0 heterocycles. The summed E-state index contributed by atoms with van der Waals surface area (Å²) < 4.78 is 0. The van der Waals surface area contributed by atoms with Crippen molar-refractivity contribution in [2.75, 3.05) is 0 Å². The summed E-state index contributed by atoms with van der Waals surface area (Å²) in [6.07, 6.45) is 0. The molecule has 26 valence electrons. The minimum Gasteiger partial charge on any atom is 0 e. The SMILES string of the molecule is [B].[Cu].[Ni].[Zn]. The second-order valence-electron chi connectivity index (χ2n) is 0. The van der Waals surface area contributed by atoms with Crippen molar-refractivity contribution in [3.05, 3.63) is 0 Å². The summed E-state index contributed by atoms with van der Waals surface area (Å²) in [6.45, 7) is 0. The van der Waals surface area contributed by atoms with Gasteiger partial charge in [-0.15, -0.1) is 0 Å². The van der Waals surface area contributed by atoms with Gasteiger partial charge in [0.25, 0.3) is 0 Å². The molecule has 0 N–H and O–H groups in total. The van der Waals surface area contributed by atoms with Crippen LogP contribution in [0, 0.1) is 0 Å². The third-order valence-electron chi connectivity index (χ3n) is 0. The Labute approximate surface area is 61.2 Å². The zero-order valence-electron chi connectivity index (χ0n) is 1.90. The Hall–Kier alpha value is 1.70. The summed E-state index contributed by atoms with van der Waals surface area (Å²) in [6, 6.07) is 0. The van der Waals surface area contributed by atoms with E-state index in [2.05, 4.69) is 0 Å². The van der Waals surface area contributed by atoms with Gasteiger partial charge >= 0.3 is 0 Å². The van der Waals surface area contributed by atoms with E-state index in [1.807, 2.05) is 0 Å². The first-order valence-corrected chi connectivity index (χ1v) is 0. The van der Waals surface area contributed by atoms with Crippen molar-refractivity contribution < 1.29 is 53.0 Å². The van der Waals surface area contributed by atoms with Crippen LogP contribution in [0.1, 0.15) is 0 Å². The summed E-state index contributed by atoms with van der Waals surface area (Å²) in [5, 5.41) is 0. The van der Waals surface area contributed by atoms with Crippen LogP contribution in [-0.2, 0) is 53.0 Å². The fourth-order valence-electron chi connectivity index (χ4n) is 0. The molecule has 0 saturated heterocycles. The summed E-state index contributed by atoms with van der Waals surface area (Å²) in [7, 11) is 0. The van der Waals surface area contributed by atoms with E-state index in [0.29, 0.717) is 0 Å². The first-order valence-electron chi connectivity index (χ1n) is 0. The molecule has 0 bridgehead atoms. The zero-order valence-corrected chi connectivity index (χ0v) is 6.80. The van der Waals surface area contributed by atoms with Crippen LogP contribution < -0.4 is 0 Å². The van der Waals surface area contributed by atoms with Crippen LogP contribution in [-0.4, -0.2) is 8.41 Å². The Morgan fingerprint density at radius 1 is 1.00 bits per heavy atom. The number of hydrogen-bond acceptors (Lipinski definition) is 0. The smallest absolute Gasteiger partial charge is 0 e. The first kappa shape index (κ1) is 43.5. The first-order chi connectivity index (χ1) is 0. The van der Waals surface area contributed by atoms with E-state index in [0.717, 1.165) is 0 Å². The Balaban J connectivity index is 0. The van der Waals surface area contributed by atoms with Crippen molar-refractivity contribution in [1.82, 2.24) is 0 Å². The van der Waals surface area contributed by atoms with Gasteiger partial charge in [0.2, 0.25) is 0 Å². The summed E-state index contributed by atoms with van der Waals surface area (Å²) in [5.41, 5.74) is 0. The maximum Gasteiger partial charge on any atom is 0 e. The molecule has 0 aliphatic rings. The monoisotopic (exact) mass is 196 g/mol. The van der Waals surface area contributed by atoms with Crippen molar-refractivity contribution in [2.24, 2.45) is 0 Å². The molecular formula is BCuNiZn. The zero-order chi connectivity index (χ0) is 0. The molecule has 0 spiro atoms. The van der Waals surface area contributed by atoms with Crippen LogP contribution >= 0.6 is 0 Å².